The lowest BCUT2D eigenvalue weighted by atomic mass is 9.98. The number of carboxylic acid groups (broad SMARTS) is 1. The Morgan fingerprint density at radius 3 is 2.09 bits per heavy atom. The molecule has 0 bridgehead atoms. The lowest BCUT2D eigenvalue weighted by Crippen LogP contribution is -2.44. The van der Waals surface area contributed by atoms with E-state index in [1.807, 2.05) is 24.3 Å². The summed E-state index contributed by atoms with van der Waals surface area (Å²) in [5.74, 6) is -1.71. The van der Waals surface area contributed by atoms with Crippen LogP contribution in [0.25, 0.3) is 11.1 Å². The van der Waals surface area contributed by atoms with Crippen molar-refractivity contribution in [2.45, 2.75) is 39.2 Å². The van der Waals surface area contributed by atoms with E-state index in [0.29, 0.717) is 6.42 Å². The van der Waals surface area contributed by atoms with Crippen molar-refractivity contribution >= 4 is 18.0 Å². The summed E-state index contributed by atoms with van der Waals surface area (Å²) < 4.78 is 5.50. The minimum absolute atomic E-state index is 0.00994. The number of benzene rings is 2. The minimum Gasteiger partial charge on any atom is -0.480 e. The number of fused-ring (bicyclic) bond motifs is 3. The van der Waals surface area contributed by atoms with E-state index in [4.69, 9.17) is 9.84 Å². The van der Waals surface area contributed by atoms with Gasteiger partial charge in [-0.2, -0.15) is 0 Å². The Morgan fingerprint density at radius 1 is 1.00 bits per heavy atom. The number of ether oxygens (including phenoxy) is 1. The van der Waals surface area contributed by atoms with Gasteiger partial charge in [0.05, 0.1) is 0 Å². The molecular formula is C25H30N2O5. The highest BCUT2D eigenvalue weighted by Crippen LogP contribution is 2.44. The van der Waals surface area contributed by atoms with Crippen molar-refractivity contribution < 1.29 is 24.2 Å². The van der Waals surface area contributed by atoms with Gasteiger partial charge in [0.15, 0.2) is 0 Å². The molecule has 32 heavy (non-hydrogen) atoms. The summed E-state index contributed by atoms with van der Waals surface area (Å²) in [5.41, 5.74) is 4.63. The number of carbonyl (C=O) groups excluding carboxylic acids is 2. The minimum atomic E-state index is -1.05. The molecule has 0 aliphatic heterocycles. The summed E-state index contributed by atoms with van der Waals surface area (Å²) in [4.78, 5) is 37.1. The van der Waals surface area contributed by atoms with Crippen LogP contribution in [0.5, 0.6) is 0 Å². The first-order chi connectivity index (χ1) is 15.3. The SMILES string of the molecule is CC(CCNC(=O)OCC1c2ccccc2-c2ccccc21)C(=O)N(CC(=O)O)C(C)C. The van der Waals surface area contributed by atoms with E-state index >= 15 is 0 Å². The van der Waals surface area contributed by atoms with Gasteiger partial charge in [-0.25, -0.2) is 4.79 Å². The molecule has 0 spiro atoms. The van der Waals surface area contributed by atoms with Crippen molar-refractivity contribution in [1.82, 2.24) is 10.2 Å². The first-order valence-corrected chi connectivity index (χ1v) is 10.9. The van der Waals surface area contributed by atoms with Gasteiger partial charge in [0, 0.05) is 24.4 Å². The molecule has 2 aromatic rings. The van der Waals surface area contributed by atoms with Crippen molar-refractivity contribution in [3.63, 3.8) is 0 Å². The summed E-state index contributed by atoms with van der Waals surface area (Å²) in [6, 6.07) is 16.1. The standard InChI is InChI=1S/C25H30N2O5/c1-16(2)27(14-23(28)29)24(30)17(3)12-13-26-25(31)32-15-22-20-10-6-4-8-18(20)19-9-5-7-11-21(19)22/h4-11,16-17,22H,12-15H2,1-3H3,(H,26,31)(H,28,29). The maximum Gasteiger partial charge on any atom is 0.407 e. The zero-order chi connectivity index (χ0) is 23.3. The van der Waals surface area contributed by atoms with Crippen molar-refractivity contribution in [2.24, 2.45) is 5.92 Å². The van der Waals surface area contributed by atoms with Crippen molar-refractivity contribution in [2.75, 3.05) is 19.7 Å². The molecule has 7 heteroatoms. The molecule has 3 rings (SSSR count). The third-order valence-corrected chi connectivity index (χ3v) is 5.82. The van der Waals surface area contributed by atoms with E-state index in [9.17, 15) is 14.4 Å². The fourth-order valence-corrected chi connectivity index (χ4v) is 4.11. The molecule has 0 fully saturated rings. The number of amides is 2. The zero-order valence-electron chi connectivity index (χ0n) is 18.7. The highest BCUT2D eigenvalue weighted by molar-refractivity contribution is 5.83. The zero-order valence-corrected chi connectivity index (χ0v) is 18.7. The Labute approximate surface area is 188 Å². The largest absolute Gasteiger partial charge is 0.480 e. The number of hydrogen-bond donors (Lipinski definition) is 2. The van der Waals surface area contributed by atoms with Gasteiger partial charge < -0.3 is 20.1 Å². The highest BCUT2D eigenvalue weighted by atomic mass is 16.5. The third-order valence-electron chi connectivity index (χ3n) is 5.82. The molecule has 2 N–H and O–H groups in total. The summed E-state index contributed by atoms with van der Waals surface area (Å²) in [5, 5.41) is 11.7. The van der Waals surface area contributed by atoms with Crippen LogP contribution in [-0.2, 0) is 14.3 Å². The van der Waals surface area contributed by atoms with Gasteiger partial charge >= 0.3 is 12.1 Å². The second-order valence-electron chi connectivity index (χ2n) is 8.40. The Hall–Kier alpha value is -3.35. The maximum atomic E-state index is 12.5. The van der Waals surface area contributed by atoms with Gasteiger partial charge in [0.2, 0.25) is 5.91 Å². The van der Waals surface area contributed by atoms with Gasteiger partial charge in [-0.1, -0.05) is 55.5 Å². The number of rotatable bonds is 9. The molecule has 0 heterocycles. The van der Waals surface area contributed by atoms with Crippen LogP contribution in [0.4, 0.5) is 4.79 Å². The molecule has 0 saturated carbocycles. The molecule has 170 valence electrons. The Bertz CT molecular complexity index is 942. The topological polar surface area (TPSA) is 95.9 Å². The number of carbonyl (C=O) groups is 3. The second-order valence-corrected chi connectivity index (χ2v) is 8.40. The molecule has 2 aromatic carbocycles. The number of nitrogens with zero attached hydrogens (tertiary/aromatic N) is 1. The van der Waals surface area contributed by atoms with Gasteiger partial charge in [-0.3, -0.25) is 9.59 Å². The fourth-order valence-electron chi connectivity index (χ4n) is 4.11. The molecule has 1 aliphatic carbocycles. The number of carboxylic acids is 1. The summed E-state index contributed by atoms with van der Waals surface area (Å²) in [7, 11) is 0. The van der Waals surface area contributed by atoms with Crippen molar-refractivity contribution in [1.29, 1.82) is 0 Å². The lowest BCUT2D eigenvalue weighted by Gasteiger charge is -2.27. The molecule has 2 amide bonds. The van der Waals surface area contributed by atoms with Crippen LogP contribution in [0.3, 0.4) is 0 Å². The highest BCUT2D eigenvalue weighted by Gasteiger charge is 2.29. The van der Waals surface area contributed by atoms with Crippen LogP contribution < -0.4 is 5.32 Å². The summed E-state index contributed by atoms with van der Waals surface area (Å²) >= 11 is 0. The first-order valence-electron chi connectivity index (χ1n) is 10.9. The molecule has 0 saturated heterocycles. The number of hydrogen-bond acceptors (Lipinski definition) is 4. The van der Waals surface area contributed by atoms with Gasteiger partial charge in [0.1, 0.15) is 13.2 Å². The quantitative estimate of drug-likeness (QED) is 0.620. The van der Waals surface area contributed by atoms with E-state index in [2.05, 4.69) is 29.6 Å². The van der Waals surface area contributed by atoms with Crippen molar-refractivity contribution in [3.8, 4) is 11.1 Å². The third kappa shape index (κ3) is 5.28. The van der Waals surface area contributed by atoms with E-state index in [1.54, 1.807) is 20.8 Å². The average Bonchev–Trinajstić information content (AvgIpc) is 3.09. The second kappa shape index (κ2) is 10.3. The average molecular weight is 439 g/mol. The summed E-state index contributed by atoms with van der Waals surface area (Å²) in [6.07, 6.45) is -0.135. The van der Waals surface area contributed by atoms with Crippen LogP contribution in [0.15, 0.2) is 48.5 Å². The van der Waals surface area contributed by atoms with Crippen molar-refractivity contribution in [3.05, 3.63) is 59.7 Å². The van der Waals surface area contributed by atoms with Gasteiger partial charge in [-0.05, 0) is 42.5 Å². The molecule has 1 aliphatic rings. The van der Waals surface area contributed by atoms with Gasteiger partial charge in [-0.15, -0.1) is 0 Å². The van der Waals surface area contributed by atoms with Gasteiger partial charge in [0.25, 0.3) is 0 Å². The summed E-state index contributed by atoms with van der Waals surface area (Å²) in [6.45, 7) is 5.46. The first kappa shape index (κ1) is 23.3. The fraction of sp³-hybridized carbons (Fsp3) is 0.400. The Morgan fingerprint density at radius 2 is 1.56 bits per heavy atom. The smallest absolute Gasteiger partial charge is 0.407 e. The molecule has 1 unspecified atom stereocenters. The van der Waals surface area contributed by atoms with Crippen LogP contribution in [-0.4, -0.2) is 53.7 Å². The Balaban J connectivity index is 1.50. The number of aliphatic carboxylic acids is 1. The van der Waals surface area contributed by atoms with Crippen LogP contribution in [0.1, 0.15) is 44.2 Å². The normalized spacial score (nSPS) is 13.2. The van der Waals surface area contributed by atoms with E-state index in [-0.39, 0.29) is 37.6 Å². The monoisotopic (exact) mass is 438 g/mol. The maximum absolute atomic E-state index is 12.5. The van der Waals surface area contributed by atoms with E-state index in [1.165, 1.54) is 16.0 Å². The van der Waals surface area contributed by atoms with Crippen LogP contribution in [0.2, 0.25) is 0 Å². The van der Waals surface area contributed by atoms with Crippen LogP contribution >= 0.6 is 0 Å². The van der Waals surface area contributed by atoms with Crippen LogP contribution in [0, 0.1) is 5.92 Å². The molecule has 0 radical (unpaired) electrons. The molecule has 0 aromatic heterocycles. The number of nitrogens with one attached hydrogen (secondary N) is 1. The van der Waals surface area contributed by atoms with E-state index in [0.717, 1.165) is 11.1 Å². The number of alkyl carbamates (subject to hydrolysis) is 1. The lowest BCUT2D eigenvalue weighted by molar-refractivity contribution is -0.147. The predicted molar refractivity (Wildman–Crippen MR) is 121 cm³/mol. The molecular weight excluding hydrogens is 408 g/mol. The molecule has 1 atom stereocenters. The predicted octanol–water partition coefficient (Wildman–Crippen LogP) is 3.87. The molecule has 7 nitrogen and oxygen atoms in total. The Kier molecular flexibility index (Phi) is 7.51. The van der Waals surface area contributed by atoms with E-state index < -0.39 is 18.0 Å².